The molecule has 150 valence electrons. The van der Waals surface area contributed by atoms with Crippen LogP contribution < -0.4 is 16.2 Å². The number of para-hydroxylation sites is 1. The smallest absolute Gasteiger partial charge is 0.295 e. The van der Waals surface area contributed by atoms with Crippen molar-refractivity contribution in [3.63, 3.8) is 0 Å². The van der Waals surface area contributed by atoms with Crippen LogP contribution in [0.5, 0.6) is 0 Å². The summed E-state index contributed by atoms with van der Waals surface area (Å²) in [6.07, 6.45) is 0. The predicted molar refractivity (Wildman–Crippen MR) is 121 cm³/mol. The Morgan fingerprint density at radius 1 is 0.833 bits per heavy atom. The van der Waals surface area contributed by atoms with Gasteiger partial charge < -0.3 is 5.32 Å². The average Bonchev–Trinajstić information content (AvgIpc) is 2.93. The van der Waals surface area contributed by atoms with Crippen LogP contribution in [-0.2, 0) is 13.6 Å². The topological polar surface area (TPSA) is 51.3 Å². The van der Waals surface area contributed by atoms with E-state index in [4.69, 9.17) is 4.99 Å². The molecule has 0 bridgehead atoms. The average molecular weight is 396 g/mol. The first kappa shape index (κ1) is 19.5. The minimum absolute atomic E-state index is 0.0956. The number of aromatic nitrogens is 2. The number of benzene rings is 2. The van der Waals surface area contributed by atoms with Crippen LogP contribution in [0.4, 0.5) is 11.4 Å². The minimum Gasteiger partial charge on any atom is -0.348 e. The van der Waals surface area contributed by atoms with Crippen LogP contribution in [0, 0.1) is 6.92 Å². The second-order valence-electron chi connectivity index (χ2n) is 7.07. The van der Waals surface area contributed by atoms with E-state index >= 15 is 0 Å². The van der Waals surface area contributed by atoms with Gasteiger partial charge in [-0.1, -0.05) is 66.7 Å². The first-order chi connectivity index (χ1) is 14.6. The van der Waals surface area contributed by atoms with Gasteiger partial charge in [-0.15, -0.1) is 0 Å². The molecule has 0 fully saturated rings. The Balaban J connectivity index is 1.76. The predicted octanol–water partition coefficient (Wildman–Crippen LogP) is 4.33. The maximum atomic E-state index is 13.2. The molecule has 0 radical (unpaired) electrons. The van der Waals surface area contributed by atoms with Gasteiger partial charge in [0.2, 0.25) is 0 Å². The van der Waals surface area contributed by atoms with Gasteiger partial charge in [0.25, 0.3) is 5.56 Å². The fourth-order valence-corrected chi connectivity index (χ4v) is 3.39. The van der Waals surface area contributed by atoms with Crippen LogP contribution in [0.2, 0.25) is 0 Å². The number of nitrogens with one attached hydrogen (secondary N) is 1. The summed E-state index contributed by atoms with van der Waals surface area (Å²) in [4.78, 5) is 18.0. The molecular weight excluding hydrogens is 372 g/mol. The fourth-order valence-electron chi connectivity index (χ4n) is 3.39. The summed E-state index contributed by atoms with van der Waals surface area (Å²) in [6, 6.07) is 29.5. The zero-order valence-corrected chi connectivity index (χ0v) is 17.1. The normalized spacial score (nSPS) is 11.5. The van der Waals surface area contributed by atoms with Crippen molar-refractivity contribution in [1.29, 1.82) is 0 Å². The van der Waals surface area contributed by atoms with Gasteiger partial charge >= 0.3 is 0 Å². The summed E-state index contributed by atoms with van der Waals surface area (Å²) in [6.45, 7) is 2.51. The van der Waals surface area contributed by atoms with Crippen molar-refractivity contribution >= 4 is 11.4 Å². The number of rotatable bonds is 5. The highest BCUT2D eigenvalue weighted by atomic mass is 16.1. The lowest BCUT2D eigenvalue weighted by Gasteiger charge is -2.07. The number of hydrogen-bond acceptors (Lipinski definition) is 3. The van der Waals surface area contributed by atoms with Crippen LogP contribution >= 0.6 is 0 Å². The van der Waals surface area contributed by atoms with Crippen molar-refractivity contribution in [3.05, 3.63) is 118 Å². The lowest BCUT2D eigenvalue weighted by atomic mass is 10.2. The molecule has 0 aliphatic rings. The molecule has 0 saturated heterocycles. The molecule has 30 heavy (non-hydrogen) atoms. The zero-order valence-electron chi connectivity index (χ0n) is 17.1. The molecule has 3 aromatic carbocycles. The summed E-state index contributed by atoms with van der Waals surface area (Å²) in [5, 5.41) is 4.15. The van der Waals surface area contributed by atoms with E-state index in [0.29, 0.717) is 12.2 Å². The molecule has 4 rings (SSSR count). The third-order valence-corrected chi connectivity index (χ3v) is 5.10. The Morgan fingerprint density at radius 2 is 1.43 bits per heavy atom. The Kier molecular flexibility index (Phi) is 5.61. The Morgan fingerprint density at radius 3 is 2.13 bits per heavy atom. The van der Waals surface area contributed by atoms with Gasteiger partial charge in [-0.3, -0.25) is 14.5 Å². The number of hydrogen-bond donors (Lipinski definition) is 1. The summed E-state index contributed by atoms with van der Waals surface area (Å²) < 4.78 is 3.53. The van der Waals surface area contributed by atoms with E-state index in [1.54, 1.807) is 4.68 Å². The zero-order chi connectivity index (χ0) is 20.9. The molecule has 1 aromatic heterocycles. The fraction of sp³-hybridized carbons (Fsp3) is 0.120. The molecular formula is C25H24N4O. The monoisotopic (exact) mass is 396 g/mol. The molecule has 0 amide bonds. The van der Waals surface area contributed by atoms with Crippen molar-refractivity contribution in [2.75, 3.05) is 5.32 Å². The highest BCUT2D eigenvalue weighted by Crippen LogP contribution is 2.17. The highest BCUT2D eigenvalue weighted by Gasteiger charge is 2.16. The molecule has 0 atom stereocenters. The summed E-state index contributed by atoms with van der Waals surface area (Å²) in [7, 11) is 1.89. The van der Waals surface area contributed by atoms with Crippen molar-refractivity contribution in [2.24, 2.45) is 12.0 Å². The Hall–Kier alpha value is -3.86. The van der Waals surface area contributed by atoms with E-state index in [0.717, 1.165) is 28.0 Å². The van der Waals surface area contributed by atoms with Gasteiger partial charge in [0.05, 0.1) is 29.0 Å². The summed E-state index contributed by atoms with van der Waals surface area (Å²) in [5.41, 5.74) is 4.06. The Bertz CT molecular complexity index is 1270. The minimum atomic E-state index is -0.0956. The van der Waals surface area contributed by atoms with Gasteiger partial charge in [0.1, 0.15) is 5.69 Å². The quantitative estimate of drug-likeness (QED) is 0.546. The lowest BCUT2D eigenvalue weighted by Crippen LogP contribution is -2.21. The maximum Gasteiger partial charge on any atom is 0.295 e. The lowest BCUT2D eigenvalue weighted by molar-refractivity contribution is 0.630. The van der Waals surface area contributed by atoms with Crippen molar-refractivity contribution in [1.82, 2.24) is 9.36 Å². The van der Waals surface area contributed by atoms with E-state index in [9.17, 15) is 4.79 Å². The van der Waals surface area contributed by atoms with Gasteiger partial charge in [-0.25, -0.2) is 4.68 Å². The molecule has 0 saturated carbocycles. The maximum absolute atomic E-state index is 13.2. The van der Waals surface area contributed by atoms with E-state index in [1.165, 1.54) is 0 Å². The molecule has 1 heterocycles. The van der Waals surface area contributed by atoms with Gasteiger partial charge in [0.15, 0.2) is 0 Å². The molecule has 4 aromatic rings. The van der Waals surface area contributed by atoms with Crippen LogP contribution in [0.15, 0.2) is 101 Å². The molecule has 0 aliphatic carbocycles. The number of nitrogens with zero attached hydrogens (tertiary/aromatic N) is 3. The van der Waals surface area contributed by atoms with E-state index in [2.05, 4.69) is 17.4 Å². The second-order valence-corrected chi connectivity index (χ2v) is 7.07. The standard InChI is InChI=1S/C25H24N4O/c1-19-24(25(30)29(28(19)2)21-14-8-4-9-15-21)27-23-17-11-5-10-16-22(23)26-18-20-12-6-3-7-13-20/h3-17H,18H2,1-2H3,(H,26,27). The Labute approximate surface area is 175 Å². The molecule has 0 unspecified atom stereocenters. The highest BCUT2D eigenvalue weighted by molar-refractivity contribution is 5.61. The molecule has 5 heteroatoms. The van der Waals surface area contributed by atoms with E-state index in [1.807, 2.05) is 97.5 Å². The number of anilines is 2. The van der Waals surface area contributed by atoms with E-state index < -0.39 is 0 Å². The second kappa shape index (κ2) is 8.66. The van der Waals surface area contributed by atoms with Gasteiger partial charge in [-0.2, -0.15) is 0 Å². The third kappa shape index (κ3) is 3.96. The first-order valence-corrected chi connectivity index (χ1v) is 9.90. The van der Waals surface area contributed by atoms with Gasteiger partial charge in [0, 0.05) is 7.05 Å². The van der Waals surface area contributed by atoms with Crippen LogP contribution in [0.25, 0.3) is 5.69 Å². The van der Waals surface area contributed by atoms with Crippen LogP contribution in [0.3, 0.4) is 0 Å². The van der Waals surface area contributed by atoms with Crippen LogP contribution in [-0.4, -0.2) is 9.36 Å². The molecule has 5 nitrogen and oxygen atoms in total. The van der Waals surface area contributed by atoms with Crippen molar-refractivity contribution in [3.8, 4) is 5.69 Å². The molecule has 0 aliphatic heterocycles. The third-order valence-electron chi connectivity index (χ3n) is 5.10. The summed E-state index contributed by atoms with van der Waals surface area (Å²) >= 11 is 0. The van der Waals surface area contributed by atoms with E-state index in [-0.39, 0.29) is 5.56 Å². The first-order valence-electron chi connectivity index (χ1n) is 9.90. The van der Waals surface area contributed by atoms with Crippen molar-refractivity contribution in [2.45, 2.75) is 13.5 Å². The SMILES string of the molecule is Cc1c(Nc2cccccc2=NCc2ccccc2)c(=O)n(-c2ccccc2)n1C. The summed E-state index contributed by atoms with van der Waals surface area (Å²) in [5.74, 6) is 0. The van der Waals surface area contributed by atoms with Crippen molar-refractivity contribution < 1.29 is 0 Å². The largest absolute Gasteiger partial charge is 0.348 e. The molecule has 0 spiro atoms. The molecule has 1 N–H and O–H groups in total. The van der Waals surface area contributed by atoms with Gasteiger partial charge in [-0.05, 0) is 36.8 Å². The van der Waals surface area contributed by atoms with Crippen LogP contribution in [0.1, 0.15) is 11.3 Å².